The molecule has 37 heavy (non-hydrogen) atoms. The molecule has 1 aliphatic carbocycles. The first-order valence-corrected chi connectivity index (χ1v) is 13.1. The summed E-state index contributed by atoms with van der Waals surface area (Å²) in [5.74, 6) is 0.821. The van der Waals surface area contributed by atoms with E-state index < -0.39 is 6.09 Å². The van der Waals surface area contributed by atoms with Crippen LogP contribution in [0.25, 0.3) is 11.1 Å². The number of likely N-dealkylation sites (tertiary alicyclic amines) is 1. The molecule has 1 heterocycles. The Labute approximate surface area is 218 Å². The maximum atomic E-state index is 12.7. The van der Waals surface area contributed by atoms with Gasteiger partial charge in [0.1, 0.15) is 6.10 Å². The Balaban J connectivity index is 1.18. The number of anilines is 1. The topological polar surface area (TPSA) is 88.2 Å². The minimum absolute atomic E-state index is 0.0800. The molecule has 2 unspecified atom stereocenters. The Morgan fingerprint density at radius 3 is 2.35 bits per heavy atom. The van der Waals surface area contributed by atoms with Gasteiger partial charge >= 0.3 is 12.1 Å². The average Bonchev–Trinajstić information content (AvgIpc) is 3.45. The molecule has 1 aliphatic heterocycles. The van der Waals surface area contributed by atoms with Crippen LogP contribution in [0.1, 0.15) is 32.1 Å². The molecule has 0 radical (unpaired) electrons. The van der Waals surface area contributed by atoms with Crippen LogP contribution in [-0.4, -0.2) is 74.2 Å². The number of benzene rings is 2. The Morgan fingerprint density at radius 2 is 1.65 bits per heavy atom. The highest BCUT2D eigenvalue weighted by molar-refractivity contribution is 5.91. The quantitative estimate of drug-likeness (QED) is 0.479. The number of ether oxygens (including phenoxy) is 2. The highest BCUT2D eigenvalue weighted by atomic mass is 16.6. The van der Waals surface area contributed by atoms with Crippen LogP contribution in [0, 0.1) is 11.8 Å². The summed E-state index contributed by atoms with van der Waals surface area (Å²) in [4.78, 5) is 40.4. The fourth-order valence-corrected chi connectivity index (χ4v) is 5.50. The van der Waals surface area contributed by atoms with E-state index in [0.717, 1.165) is 49.3 Å². The van der Waals surface area contributed by atoms with E-state index in [9.17, 15) is 14.4 Å². The molecule has 0 aromatic heterocycles. The van der Waals surface area contributed by atoms with Gasteiger partial charge < -0.3 is 19.3 Å². The zero-order chi connectivity index (χ0) is 26.2. The summed E-state index contributed by atoms with van der Waals surface area (Å²) in [6, 6.07) is 17.7. The Hall–Kier alpha value is -3.39. The summed E-state index contributed by atoms with van der Waals surface area (Å²) in [6.45, 7) is 3.15. The highest BCUT2D eigenvalue weighted by Gasteiger charge is 2.42. The SMILES string of the molecule is COC(=O)CCCN(C)C(=O)CCN1CC2CC(OC(=O)Nc3ccccc3-c3ccccc3)C[C@H]2C1. The van der Waals surface area contributed by atoms with Crippen molar-refractivity contribution < 1.29 is 23.9 Å². The number of rotatable bonds is 10. The third-order valence-corrected chi connectivity index (χ3v) is 7.48. The van der Waals surface area contributed by atoms with Crippen molar-refractivity contribution in [2.24, 2.45) is 11.8 Å². The monoisotopic (exact) mass is 507 g/mol. The molecule has 2 fully saturated rings. The lowest BCUT2D eigenvalue weighted by atomic mass is 10.0. The van der Waals surface area contributed by atoms with E-state index >= 15 is 0 Å². The number of carbonyl (C=O) groups is 3. The van der Waals surface area contributed by atoms with Crippen molar-refractivity contribution in [1.82, 2.24) is 9.80 Å². The Morgan fingerprint density at radius 1 is 0.973 bits per heavy atom. The van der Waals surface area contributed by atoms with Gasteiger partial charge in [-0.1, -0.05) is 48.5 Å². The summed E-state index contributed by atoms with van der Waals surface area (Å²) in [6.07, 6.45) is 2.62. The molecule has 1 saturated heterocycles. The van der Waals surface area contributed by atoms with E-state index in [4.69, 9.17) is 4.74 Å². The van der Waals surface area contributed by atoms with Gasteiger partial charge in [-0.3, -0.25) is 14.9 Å². The molecular weight excluding hydrogens is 470 g/mol. The lowest BCUT2D eigenvalue weighted by Crippen LogP contribution is -2.33. The van der Waals surface area contributed by atoms with Crippen LogP contribution in [0.15, 0.2) is 54.6 Å². The van der Waals surface area contributed by atoms with E-state index in [2.05, 4.69) is 15.0 Å². The number of nitrogens with zero attached hydrogens (tertiary/aromatic N) is 2. The summed E-state index contributed by atoms with van der Waals surface area (Å²) in [7, 11) is 3.15. The first kappa shape index (κ1) is 26.7. The minimum atomic E-state index is -0.411. The van der Waals surface area contributed by atoms with Crippen LogP contribution >= 0.6 is 0 Å². The zero-order valence-corrected chi connectivity index (χ0v) is 21.7. The zero-order valence-electron chi connectivity index (χ0n) is 21.7. The second-order valence-corrected chi connectivity index (χ2v) is 10.1. The standard InChI is InChI=1S/C29H37N3O5/c1-31(15-8-13-28(34)36-2)27(33)14-16-32-19-22-17-24(18-23(22)20-32)37-29(35)30-26-12-7-6-11-25(26)21-9-4-3-5-10-21/h3-7,9-12,22-24H,8,13-20H2,1-2H3,(H,30,35)/t22-,23?,24?/m0/s1. The Bertz CT molecular complexity index is 1060. The van der Waals surface area contributed by atoms with Gasteiger partial charge in [0.15, 0.2) is 0 Å². The molecule has 8 heteroatoms. The molecule has 2 aliphatic rings. The van der Waals surface area contributed by atoms with Crippen molar-refractivity contribution >= 4 is 23.7 Å². The largest absolute Gasteiger partial charge is 0.469 e. The van der Waals surface area contributed by atoms with Crippen LogP contribution in [0.3, 0.4) is 0 Å². The first-order valence-electron chi connectivity index (χ1n) is 13.1. The van der Waals surface area contributed by atoms with Crippen LogP contribution in [0.4, 0.5) is 10.5 Å². The number of carbonyl (C=O) groups excluding carboxylic acids is 3. The van der Waals surface area contributed by atoms with Crippen molar-refractivity contribution in [2.45, 2.75) is 38.2 Å². The third-order valence-electron chi connectivity index (χ3n) is 7.48. The van der Waals surface area contributed by atoms with E-state index in [-0.39, 0.29) is 18.0 Å². The van der Waals surface area contributed by atoms with E-state index in [1.807, 2.05) is 54.6 Å². The van der Waals surface area contributed by atoms with Gasteiger partial charge in [-0.25, -0.2) is 4.79 Å². The number of amides is 2. The van der Waals surface area contributed by atoms with Gasteiger partial charge in [-0.05, 0) is 42.7 Å². The van der Waals surface area contributed by atoms with Crippen LogP contribution < -0.4 is 5.32 Å². The maximum absolute atomic E-state index is 12.7. The van der Waals surface area contributed by atoms with Crippen LogP contribution in [0.2, 0.25) is 0 Å². The minimum Gasteiger partial charge on any atom is -0.469 e. The summed E-state index contributed by atoms with van der Waals surface area (Å²) in [5.41, 5.74) is 2.74. The number of methoxy groups -OCH3 is 1. The number of hydrogen-bond acceptors (Lipinski definition) is 6. The molecule has 2 aromatic rings. The second kappa shape index (κ2) is 12.7. The van der Waals surface area contributed by atoms with Crippen molar-refractivity contribution in [2.75, 3.05) is 45.7 Å². The molecule has 2 amide bonds. The van der Waals surface area contributed by atoms with Gasteiger partial charge in [0, 0.05) is 51.6 Å². The van der Waals surface area contributed by atoms with Crippen molar-refractivity contribution in [3.8, 4) is 11.1 Å². The van der Waals surface area contributed by atoms with Gasteiger partial charge in [-0.2, -0.15) is 0 Å². The third kappa shape index (κ3) is 7.32. The fraction of sp³-hybridized carbons (Fsp3) is 0.483. The second-order valence-electron chi connectivity index (χ2n) is 10.1. The maximum Gasteiger partial charge on any atom is 0.411 e. The predicted octanol–water partition coefficient (Wildman–Crippen LogP) is 4.41. The first-order chi connectivity index (χ1) is 17.9. The fourth-order valence-electron chi connectivity index (χ4n) is 5.50. The average molecular weight is 508 g/mol. The van der Waals surface area contributed by atoms with E-state index in [0.29, 0.717) is 37.6 Å². The number of esters is 1. The Kier molecular flexibility index (Phi) is 9.17. The number of fused-ring (bicyclic) bond motifs is 1. The summed E-state index contributed by atoms with van der Waals surface area (Å²) in [5, 5.41) is 2.94. The molecule has 8 nitrogen and oxygen atoms in total. The van der Waals surface area contributed by atoms with Crippen LogP contribution in [0.5, 0.6) is 0 Å². The number of nitrogens with one attached hydrogen (secondary N) is 1. The molecule has 198 valence electrons. The van der Waals surface area contributed by atoms with Gasteiger partial charge in [0.25, 0.3) is 0 Å². The van der Waals surface area contributed by atoms with Crippen molar-refractivity contribution in [3.05, 3.63) is 54.6 Å². The van der Waals surface area contributed by atoms with Gasteiger partial charge in [-0.15, -0.1) is 0 Å². The summed E-state index contributed by atoms with van der Waals surface area (Å²) < 4.78 is 10.4. The molecule has 0 spiro atoms. The molecule has 4 rings (SSSR count). The molecule has 2 aromatic carbocycles. The number of para-hydroxylation sites is 1. The highest BCUT2D eigenvalue weighted by Crippen LogP contribution is 2.39. The molecule has 3 atom stereocenters. The smallest absolute Gasteiger partial charge is 0.411 e. The van der Waals surface area contributed by atoms with Gasteiger partial charge in [0.05, 0.1) is 12.8 Å². The summed E-state index contributed by atoms with van der Waals surface area (Å²) >= 11 is 0. The lowest BCUT2D eigenvalue weighted by Gasteiger charge is -2.21. The van der Waals surface area contributed by atoms with E-state index in [1.165, 1.54) is 7.11 Å². The number of hydrogen-bond donors (Lipinski definition) is 1. The normalized spacial score (nSPS) is 20.8. The van der Waals surface area contributed by atoms with E-state index in [1.54, 1.807) is 11.9 Å². The van der Waals surface area contributed by atoms with Crippen molar-refractivity contribution in [3.63, 3.8) is 0 Å². The van der Waals surface area contributed by atoms with Crippen LogP contribution in [-0.2, 0) is 19.1 Å². The molecule has 1 N–H and O–H groups in total. The predicted molar refractivity (Wildman–Crippen MR) is 142 cm³/mol. The lowest BCUT2D eigenvalue weighted by molar-refractivity contribution is -0.141. The molecule has 1 saturated carbocycles. The molecular formula is C29H37N3O5. The van der Waals surface area contributed by atoms with Gasteiger partial charge in [0.2, 0.25) is 5.91 Å². The molecule has 0 bridgehead atoms. The van der Waals surface area contributed by atoms with Crippen molar-refractivity contribution in [1.29, 1.82) is 0 Å².